The van der Waals surface area contributed by atoms with E-state index in [9.17, 15) is 0 Å². The van der Waals surface area contributed by atoms with Crippen LogP contribution in [-0.4, -0.2) is 22.8 Å². The molecule has 4 heteroatoms. The average Bonchev–Trinajstić information content (AvgIpc) is 3.00. The molecule has 0 bridgehead atoms. The number of rotatable bonds is 1. The first kappa shape index (κ1) is 10.00. The molecule has 3 heterocycles. The second-order valence-electron chi connectivity index (χ2n) is 4.70. The highest BCUT2D eigenvalue weighted by molar-refractivity contribution is 5.66. The number of hydrogen-bond donors (Lipinski definition) is 0. The lowest BCUT2D eigenvalue weighted by Gasteiger charge is -2.18. The Hall–Kier alpha value is -1.97. The molecule has 1 aromatic carbocycles. The zero-order valence-corrected chi connectivity index (χ0v) is 10.1. The van der Waals surface area contributed by atoms with Gasteiger partial charge in [-0.25, -0.2) is 4.98 Å². The third-order valence-electron chi connectivity index (χ3n) is 3.57. The van der Waals surface area contributed by atoms with Gasteiger partial charge in [0.2, 0.25) is 0 Å². The van der Waals surface area contributed by atoms with Gasteiger partial charge in [0.15, 0.2) is 11.5 Å². The van der Waals surface area contributed by atoms with Crippen LogP contribution in [0.15, 0.2) is 24.5 Å². The Morgan fingerprint density at radius 3 is 2.94 bits per heavy atom. The van der Waals surface area contributed by atoms with E-state index in [1.165, 1.54) is 12.1 Å². The Morgan fingerprint density at radius 2 is 2.00 bits per heavy atom. The maximum absolute atomic E-state index is 5.62. The van der Waals surface area contributed by atoms with Crippen molar-refractivity contribution in [3.8, 4) is 22.8 Å². The zero-order chi connectivity index (χ0) is 11.9. The fraction of sp³-hybridized carbons (Fsp3) is 0.357. The molecule has 2 aliphatic heterocycles. The van der Waals surface area contributed by atoms with Crippen LogP contribution in [0.2, 0.25) is 0 Å². The lowest BCUT2D eigenvalue weighted by Crippen LogP contribution is -2.15. The fourth-order valence-electron chi connectivity index (χ4n) is 2.71. The number of nitrogens with zero attached hydrogens (tertiary/aromatic N) is 2. The highest BCUT2D eigenvalue weighted by Crippen LogP contribution is 2.36. The molecule has 0 aliphatic carbocycles. The first-order valence-corrected chi connectivity index (χ1v) is 6.36. The molecule has 18 heavy (non-hydrogen) atoms. The van der Waals surface area contributed by atoms with Crippen LogP contribution in [0.1, 0.15) is 12.1 Å². The van der Waals surface area contributed by atoms with E-state index in [1.54, 1.807) is 0 Å². The van der Waals surface area contributed by atoms with E-state index in [0.717, 1.165) is 35.7 Å². The Kier molecular flexibility index (Phi) is 2.09. The largest absolute Gasteiger partial charge is 0.486 e. The van der Waals surface area contributed by atoms with E-state index in [0.29, 0.717) is 13.2 Å². The topological polar surface area (TPSA) is 36.3 Å². The minimum absolute atomic E-state index is 0.623. The number of fused-ring (bicyclic) bond motifs is 2. The lowest BCUT2D eigenvalue weighted by molar-refractivity contribution is 0.171. The average molecular weight is 242 g/mol. The van der Waals surface area contributed by atoms with Gasteiger partial charge >= 0.3 is 0 Å². The molecule has 0 radical (unpaired) electrons. The molecule has 0 spiro atoms. The molecule has 1 aromatic heterocycles. The minimum Gasteiger partial charge on any atom is -0.486 e. The molecule has 0 amide bonds. The summed E-state index contributed by atoms with van der Waals surface area (Å²) in [5.41, 5.74) is 3.55. The number of aryl methyl sites for hydroxylation is 1. The number of hydrogen-bond acceptors (Lipinski definition) is 3. The van der Waals surface area contributed by atoms with Crippen molar-refractivity contribution >= 4 is 0 Å². The van der Waals surface area contributed by atoms with Crippen LogP contribution in [0.5, 0.6) is 11.5 Å². The van der Waals surface area contributed by atoms with Crippen molar-refractivity contribution in [3.63, 3.8) is 0 Å². The first-order chi connectivity index (χ1) is 8.92. The summed E-state index contributed by atoms with van der Waals surface area (Å²) >= 11 is 0. The summed E-state index contributed by atoms with van der Waals surface area (Å²) in [6.07, 6.45) is 4.27. The molecule has 2 aromatic rings. The molecule has 0 saturated carbocycles. The summed E-state index contributed by atoms with van der Waals surface area (Å²) in [4.78, 5) is 4.52. The second kappa shape index (κ2) is 3.77. The predicted molar refractivity (Wildman–Crippen MR) is 67.0 cm³/mol. The molecular weight excluding hydrogens is 228 g/mol. The Balaban J connectivity index is 1.80. The number of imidazole rings is 1. The van der Waals surface area contributed by atoms with Crippen LogP contribution in [0, 0.1) is 0 Å². The van der Waals surface area contributed by atoms with Crippen LogP contribution in [0.4, 0.5) is 0 Å². The number of aromatic nitrogens is 2. The summed E-state index contributed by atoms with van der Waals surface area (Å²) in [6, 6.07) is 6.08. The van der Waals surface area contributed by atoms with E-state index in [2.05, 4.69) is 15.6 Å². The summed E-state index contributed by atoms with van der Waals surface area (Å²) in [5.74, 6) is 1.67. The van der Waals surface area contributed by atoms with Crippen molar-refractivity contribution in [3.05, 3.63) is 30.2 Å². The van der Waals surface area contributed by atoms with Crippen LogP contribution in [-0.2, 0) is 13.0 Å². The molecule has 0 unspecified atom stereocenters. The van der Waals surface area contributed by atoms with E-state index in [-0.39, 0.29) is 0 Å². The van der Waals surface area contributed by atoms with Gasteiger partial charge in [-0.05, 0) is 31.0 Å². The predicted octanol–water partition coefficient (Wildman–Crippen LogP) is 2.27. The van der Waals surface area contributed by atoms with Gasteiger partial charge in [-0.15, -0.1) is 0 Å². The zero-order valence-electron chi connectivity index (χ0n) is 10.1. The van der Waals surface area contributed by atoms with Gasteiger partial charge in [0.1, 0.15) is 13.2 Å². The minimum atomic E-state index is 0.623. The summed E-state index contributed by atoms with van der Waals surface area (Å²) in [6.45, 7) is 2.34. The van der Waals surface area contributed by atoms with E-state index in [4.69, 9.17) is 9.47 Å². The molecule has 0 fully saturated rings. The van der Waals surface area contributed by atoms with E-state index in [1.807, 2.05) is 18.5 Å². The highest BCUT2D eigenvalue weighted by Gasteiger charge is 2.19. The van der Waals surface area contributed by atoms with Crippen LogP contribution in [0.3, 0.4) is 0 Å². The highest BCUT2D eigenvalue weighted by atomic mass is 16.6. The molecule has 0 N–H and O–H groups in total. The molecule has 92 valence electrons. The van der Waals surface area contributed by atoms with Gasteiger partial charge in [0.25, 0.3) is 0 Å². The monoisotopic (exact) mass is 242 g/mol. The molecule has 2 aliphatic rings. The maximum atomic E-state index is 5.62. The van der Waals surface area contributed by atoms with Gasteiger partial charge in [-0.1, -0.05) is 0 Å². The van der Waals surface area contributed by atoms with Crippen molar-refractivity contribution < 1.29 is 9.47 Å². The van der Waals surface area contributed by atoms with Crippen molar-refractivity contribution in [1.82, 2.24) is 9.55 Å². The second-order valence-corrected chi connectivity index (χ2v) is 4.70. The molecular formula is C14H14N2O2. The van der Waals surface area contributed by atoms with Gasteiger partial charge in [0.05, 0.1) is 12.0 Å². The fourth-order valence-corrected chi connectivity index (χ4v) is 2.71. The molecule has 4 nitrogen and oxygen atoms in total. The Labute approximate surface area is 105 Å². The molecule has 0 saturated heterocycles. The molecule has 0 atom stereocenters. The van der Waals surface area contributed by atoms with Crippen molar-refractivity contribution in [2.45, 2.75) is 19.4 Å². The Bertz CT molecular complexity index is 604. The van der Waals surface area contributed by atoms with Crippen LogP contribution < -0.4 is 9.47 Å². The normalized spacial score (nSPS) is 16.7. The number of ether oxygens (including phenoxy) is 2. The van der Waals surface area contributed by atoms with Gasteiger partial charge in [-0.3, -0.25) is 0 Å². The van der Waals surface area contributed by atoms with E-state index < -0.39 is 0 Å². The summed E-state index contributed by atoms with van der Waals surface area (Å²) < 4.78 is 13.4. The van der Waals surface area contributed by atoms with Gasteiger partial charge < -0.3 is 14.0 Å². The SMILES string of the molecule is c1cc2c(cc1-c1ncn3c1CCC3)OCCO2. The standard InChI is InChI=1S/C14H14N2O2/c1-2-11-14(15-9-16(11)5-1)10-3-4-12-13(8-10)18-7-6-17-12/h3-4,8-9H,1-2,5-7H2. The van der Waals surface area contributed by atoms with Crippen LogP contribution in [0.25, 0.3) is 11.3 Å². The first-order valence-electron chi connectivity index (χ1n) is 6.36. The maximum Gasteiger partial charge on any atom is 0.162 e. The van der Waals surface area contributed by atoms with Crippen molar-refractivity contribution in [2.75, 3.05) is 13.2 Å². The van der Waals surface area contributed by atoms with E-state index >= 15 is 0 Å². The van der Waals surface area contributed by atoms with Crippen molar-refractivity contribution in [2.24, 2.45) is 0 Å². The quantitative estimate of drug-likeness (QED) is 0.769. The van der Waals surface area contributed by atoms with Crippen LogP contribution >= 0.6 is 0 Å². The lowest BCUT2D eigenvalue weighted by atomic mass is 10.1. The van der Waals surface area contributed by atoms with Gasteiger partial charge in [0, 0.05) is 17.8 Å². The van der Waals surface area contributed by atoms with Crippen molar-refractivity contribution in [1.29, 1.82) is 0 Å². The third kappa shape index (κ3) is 1.41. The summed E-state index contributed by atoms with van der Waals surface area (Å²) in [5, 5.41) is 0. The molecule has 4 rings (SSSR count). The third-order valence-corrected chi connectivity index (χ3v) is 3.57. The van der Waals surface area contributed by atoms with Gasteiger partial charge in [-0.2, -0.15) is 0 Å². The Morgan fingerprint density at radius 1 is 1.11 bits per heavy atom. The smallest absolute Gasteiger partial charge is 0.162 e. The summed E-state index contributed by atoms with van der Waals surface area (Å²) in [7, 11) is 0. The number of benzene rings is 1.